The summed E-state index contributed by atoms with van der Waals surface area (Å²) in [5.41, 5.74) is 0. The quantitative estimate of drug-likeness (QED) is 0.357. The maximum Gasteiger partial charge on any atom is 0.305 e. The average molecular weight is 280 g/mol. The number of carbonyl (C=O) groups excluding carboxylic acids is 1. The first-order chi connectivity index (χ1) is 8.45. The standard InChI is InChI=1S/C12H24O5S/c1-17-12(13)10-8-6-4-2-3-5-7-9-11-18(14,15)16/h2-11H2,1H3,(H,14,15,16). The van der Waals surface area contributed by atoms with Crippen molar-refractivity contribution in [2.75, 3.05) is 12.9 Å². The average Bonchev–Trinajstić information content (AvgIpc) is 2.29. The molecule has 1 N–H and O–H groups in total. The highest BCUT2D eigenvalue weighted by Crippen LogP contribution is 2.10. The van der Waals surface area contributed by atoms with E-state index in [0.717, 1.165) is 44.9 Å². The van der Waals surface area contributed by atoms with Crippen LogP contribution in [0.4, 0.5) is 0 Å². The molecule has 0 unspecified atom stereocenters. The van der Waals surface area contributed by atoms with Gasteiger partial charge in [-0.1, -0.05) is 38.5 Å². The van der Waals surface area contributed by atoms with Gasteiger partial charge in [0.2, 0.25) is 0 Å². The second-order valence-corrected chi connectivity index (χ2v) is 6.01. The SMILES string of the molecule is COC(=O)CCCCCCCCCCS(=O)(=O)O. The second kappa shape index (κ2) is 10.3. The lowest BCUT2D eigenvalue weighted by atomic mass is 10.1. The summed E-state index contributed by atoms with van der Waals surface area (Å²) < 4.78 is 33.9. The highest BCUT2D eigenvalue weighted by atomic mass is 32.2. The van der Waals surface area contributed by atoms with Crippen molar-refractivity contribution in [3.8, 4) is 0 Å². The number of hydrogen-bond donors (Lipinski definition) is 1. The monoisotopic (exact) mass is 280 g/mol. The van der Waals surface area contributed by atoms with Crippen LogP contribution >= 0.6 is 0 Å². The molecule has 0 radical (unpaired) electrons. The van der Waals surface area contributed by atoms with E-state index in [9.17, 15) is 13.2 Å². The minimum atomic E-state index is -3.78. The molecule has 0 bridgehead atoms. The van der Waals surface area contributed by atoms with E-state index in [2.05, 4.69) is 4.74 Å². The molecule has 0 atom stereocenters. The van der Waals surface area contributed by atoms with Crippen LogP contribution in [0.2, 0.25) is 0 Å². The number of carbonyl (C=O) groups is 1. The third-order valence-electron chi connectivity index (χ3n) is 2.76. The Morgan fingerprint density at radius 2 is 1.39 bits per heavy atom. The normalized spacial score (nSPS) is 11.4. The molecular weight excluding hydrogens is 256 g/mol. The van der Waals surface area contributed by atoms with Gasteiger partial charge in [-0.05, 0) is 12.8 Å². The van der Waals surface area contributed by atoms with Crippen LogP contribution in [0.5, 0.6) is 0 Å². The fraction of sp³-hybridized carbons (Fsp3) is 0.917. The molecule has 0 amide bonds. The zero-order valence-electron chi connectivity index (χ0n) is 11.1. The Morgan fingerprint density at radius 3 is 1.83 bits per heavy atom. The molecule has 108 valence electrons. The molecule has 0 aliphatic heterocycles. The third kappa shape index (κ3) is 13.4. The van der Waals surface area contributed by atoms with Gasteiger partial charge in [-0.25, -0.2) is 0 Å². The third-order valence-corrected chi connectivity index (χ3v) is 3.57. The summed E-state index contributed by atoms with van der Waals surface area (Å²) >= 11 is 0. The van der Waals surface area contributed by atoms with Gasteiger partial charge in [0.05, 0.1) is 12.9 Å². The molecule has 0 saturated carbocycles. The Balaban J connectivity index is 3.15. The molecule has 0 aliphatic rings. The molecule has 0 saturated heterocycles. The molecule has 0 aromatic heterocycles. The maximum atomic E-state index is 10.8. The summed E-state index contributed by atoms with van der Waals surface area (Å²) in [5.74, 6) is -0.285. The van der Waals surface area contributed by atoms with Crippen LogP contribution in [0.25, 0.3) is 0 Å². The summed E-state index contributed by atoms with van der Waals surface area (Å²) in [6, 6.07) is 0. The van der Waals surface area contributed by atoms with E-state index in [4.69, 9.17) is 4.55 Å². The smallest absolute Gasteiger partial charge is 0.305 e. The van der Waals surface area contributed by atoms with Crippen molar-refractivity contribution < 1.29 is 22.5 Å². The van der Waals surface area contributed by atoms with E-state index in [1.54, 1.807) is 0 Å². The van der Waals surface area contributed by atoms with E-state index >= 15 is 0 Å². The van der Waals surface area contributed by atoms with E-state index in [-0.39, 0.29) is 11.7 Å². The predicted octanol–water partition coefficient (Wildman–Crippen LogP) is 2.56. The zero-order valence-corrected chi connectivity index (χ0v) is 11.9. The number of ether oxygens (including phenoxy) is 1. The number of methoxy groups -OCH3 is 1. The first-order valence-electron chi connectivity index (χ1n) is 6.47. The Kier molecular flexibility index (Phi) is 9.96. The second-order valence-electron chi connectivity index (χ2n) is 4.44. The number of rotatable bonds is 11. The Bertz CT molecular complexity index is 310. The zero-order chi connectivity index (χ0) is 13.9. The van der Waals surface area contributed by atoms with Gasteiger partial charge in [-0.2, -0.15) is 8.42 Å². The van der Waals surface area contributed by atoms with Crippen molar-refractivity contribution in [2.24, 2.45) is 0 Å². The molecule has 5 nitrogen and oxygen atoms in total. The van der Waals surface area contributed by atoms with Crippen molar-refractivity contribution in [1.29, 1.82) is 0 Å². The van der Waals surface area contributed by atoms with E-state index in [0.29, 0.717) is 12.8 Å². The van der Waals surface area contributed by atoms with E-state index in [1.807, 2.05) is 0 Å². The van der Waals surface area contributed by atoms with Crippen LogP contribution in [0.3, 0.4) is 0 Å². The van der Waals surface area contributed by atoms with Crippen LogP contribution in [0.1, 0.15) is 57.8 Å². The first-order valence-corrected chi connectivity index (χ1v) is 8.08. The molecule has 6 heteroatoms. The van der Waals surface area contributed by atoms with Crippen molar-refractivity contribution in [1.82, 2.24) is 0 Å². The summed E-state index contributed by atoms with van der Waals surface area (Å²) in [7, 11) is -2.39. The number of hydrogen-bond acceptors (Lipinski definition) is 4. The lowest BCUT2D eigenvalue weighted by Gasteiger charge is -2.02. The minimum Gasteiger partial charge on any atom is -0.469 e. The molecule has 18 heavy (non-hydrogen) atoms. The van der Waals surface area contributed by atoms with E-state index in [1.165, 1.54) is 7.11 Å². The Labute approximate surface area is 110 Å². The summed E-state index contributed by atoms with van der Waals surface area (Å²) in [5, 5.41) is 0. The van der Waals surface area contributed by atoms with Gasteiger partial charge >= 0.3 is 5.97 Å². The molecule has 0 heterocycles. The molecule has 0 aromatic carbocycles. The van der Waals surface area contributed by atoms with Crippen molar-refractivity contribution in [3.63, 3.8) is 0 Å². The van der Waals surface area contributed by atoms with Gasteiger partial charge in [0.1, 0.15) is 0 Å². The van der Waals surface area contributed by atoms with Crippen LogP contribution in [-0.4, -0.2) is 31.8 Å². The van der Waals surface area contributed by atoms with Crippen LogP contribution in [0.15, 0.2) is 0 Å². The molecule has 0 fully saturated rings. The Hall–Kier alpha value is -0.620. The lowest BCUT2D eigenvalue weighted by Crippen LogP contribution is -2.03. The number of unbranched alkanes of at least 4 members (excludes halogenated alkanes) is 7. The van der Waals surface area contributed by atoms with Gasteiger partial charge in [-0.3, -0.25) is 9.35 Å². The van der Waals surface area contributed by atoms with Crippen molar-refractivity contribution in [3.05, 3.63) is 0 Å². The van der Waals surface area contributed by atoms with Gasteiger partial charge in [0, 0.05) is 6.42 Å². The van der Waals surface area contributed by atoms with Gasteiger partial charge in [0.15, 0.2) is 0 Å². The highest BCUT2D eigenvalue weighted by molar-refractivity contribution is 7.85. The molecule has 0 spiro atoms. The fourth-order valence-electron chi connectivity index (χ4n) is 1.72. The van der Waals surface area contributed by atoms with Crippen molar-refractivity contribution in [2.45, 2.75) is 57.8 Å². The fourth-order valence-corrected chi connectivity index (χ4v) is 2.29. The van der Waals surface area contributed by atoms with Crippen molar-refractivity contribution >= 4 is 16.1 Å². The molecule has 0 rings (SSSR count). The van der Waals surface area contributed by atoms with Gasteiger partial charge in [-0.15, -0.1) is 0 Å². The summed E-state index contributed by atoms with van der Waals surface area (Å²) in [6.45, 7) is 0. The number of esters is 1. The maximum absolute atomic E-state index is 10.8. The highest BCUT2D eigenvalue weighted by Gasteiger charge is 2.03. The predicted molar refractivity (Wildman–Crippen MR) is 70.0 cm³/mol. The Morgan fingerprint density at radius 1 is 0.944 bits per heavy atom. The largest absolute Gasteiger partial charge is 0.469 e. The van der Waals surface area contributed by atoms with Gasteiger partial charge in [0.25, 0.3) is 10.1 Å². The van der Waals surface area contributed by atoms with Crippen LogP contribution < -0.4 is 0 Å². The lowest BCUT2D eigenvalue weighted by molar-refractivity contribution is -0.140. The van der Waals surface area contributed by atoms with Gasteiger partial charge < -0.3 is 4.74 Å². The van der Waals surface area contributed by atoms with E-state index < -0.39 is 10.1 Å². The summed E-state index contributed by atoms with van der Waals surface area (Å²) in [6.07, 6.45) is 8.02. The summed E-state index contributed by atoms with van der Waals surface area (Å²) in [4.78, 5) is 10.8. The minimum absolute atomic E-state index is 0.133. The molecule has 0 aliphatic carbocycles. The van der Waals surface area contributed by atoms with Crippen LogP contribution in [-0.2, 0) is 19.6 Å². The molecule has 0 aromatic rings. The van der Waals surface area contributed by atoms with Crippen LogP contribution in [0, 0.1) is 0 Å². The topological polar surface area (TPSA) is 80.7 Å². The first kappa shape index (κ1) is 17.4. The molecular formula is C12H24O5S.